The van der Waals surface area contributed by atoms with Crippen LogP contribution in [0.4, 0.5) is 0 Å². The second-order valence-electron chi connectivity index (χ2n) is 7.24. The summed E-state index contributed by atoms with van der Waals surface area (Å²) < 4.78 is 5.31. The Morgan fingerprint density at radius 2 is 1.97 bits per heavy atom. The van der Waals surface area contributed by atoms with E-state index in [0.29, 0.717) is 18.0 Å². The van der Waals surface area contributed by atoms with Crippen LogP contribution in [0, 0.1) is 0 Å². The normalized spacial score (nSPS) is 11.0. The molecule has 4 aromatic rings. The minimum atomic E-state index is -0.109. The molecule has 1 N–H and O–H groups in total. The van der Waals surface area contributed by atoms with Gasteiger partial charge in [-0.1, -0.05) is 48.0 Å². The van der Waals surface area contributed by atoms with Crippen LogP contribution in [-0.2, 0) is 6.42 Å². The molecule has 154 valence electrons. The second kappa shape index (κ2) is 9.54. The Bertz CT molecular complexity index is 1070. The van der Waals surface area contributed by atoms with Crippen molar-refractivity contribution in [3.05, 3.63) is 71.4 Å². The van der Waals surface area contributed by atoms with Gasteiger partial charge in [-0.15, -0.1) is 11.3 Å². The van der Waals surface area contributed by atoms with Gasteiger partial charge in [0.25, 0.3) is 5.91 Å². The van der Waals surface area contributed by atoms with Gasteiger partial charge in [0.1, 0.15) is 0 Å². The maximum absolute atomic E-state index is 12.5. The molecular formula is C23H24N4O2S. The average Bonchev–Trinajstić information content (AvgIpc) is 3.54. The fourth-order valence-electron chi connectivity index (χ4n) is 3.30. The highest BCUT2D eigenvalue weighted by atomic mass is 32.1. The predicted octanol–water partition coefficient (Wildman–Crippen LogP) is 5.28. The lowest BCUT2D eigenvalue weighted by Gasteiger charge is -2.15. The van der Waals surface area contributed by atoms with Crippen LogP contribution in [0.25, 0.3) is 21.9 Å². The molecule has 7 heteroatoms. The molecule has 1 amide bonds. The molecule has 0 unspecified atom stereocenters. The summed E-state index contributed by atoms with van der Waals surface area (Å²) in [5, 5.41) is 13.4. The van der Waals surface area contributed by atoms with E-state index >= 15 is 0 Å². The number of hydrogen-bond acceptors (Lipinski definition) is 5. The van der Waals surface area contributed by atoms with Gasteiger partial charge in [0, 0.05) is 30.9 Å². The Morgan fingerprint density at radius 1 is 1.10 bits per heavy atom. The van der Waals surface area contributed by atoms with Gasteiger partial charge in [0.2, 0.25) is 0 Å². The van der Waals surface area contributed by atoms with Gasteiger partial charge in [-0.05, 0) is 36.8 Å². The van der Waals surface area contributed by atoms with Gasteiger partial charge in [-0.25, -0.2) is 0 Å². The number of H-pyrrole nitrogens is 1. The number of hydrogen-bond donors (Lipinski definition) is 1. The van der Waals surface area contributed by atoms with Crippen molar-refractivity contribution in [2.75, 3.05) is 13.6 Å². The largest absolute Gasteiger partial charge is 0.355 e. The first-order chi connectivity index (χ1) is 14.7. The summed E-state index contributed by atoms with van der Waals surface area (Å²) in [6.07, 6.45) is 3.98. The molecule has 30 heavy (non-hydrogen) atoms. The zero-order valence-electron chi connectivity index (χ0n) is 16.9. The van der Waals surface area contributed by atoms with Crippen molar-refractivity contribution in [1.29, 1.82) is 0 Å². The SMILES string of the molecule is CN(CCCCCc1cc(-c2ccccc2)n[nH]1)C(=O)c1cc(-c2cccs2)on1. The van der Waals surface area contributed by atoms with Gasteiger partial charge < -0.3 is 9.42 Å². The first-order valence-corrected chi connectivity index (χ1v) is 10.9. The van der Waals surface area contributed by atoms with E-state index in [0.717, 1.165) is 47.5 Å². The quantitative estimate of drug-likeness (QED) is 0.374. The van der Waals surface area contributed by atoms with Gasteiger partial charge in [0.05, 0.1) is 10.6 Å². The van der Waals surface area contributed by atoms with E-state index in [1.54, 1.807) is 22.3 Å². The second-order valence-corrected chi connectivity index (χ2v) is 8.18. The van der Waals surface area contributed by atoms with Crippen LogP contribution in [-0.4, -0.2) is 39.8 Å². The molecule has 0 spiro atoms. The minimum Gasteiger partial charge on any atom is -0.355 e. The van der Waals surface area contributed by atoms with Crippen molar-refractivity contribution in [2.24, 2.45) is 0 Å². The van der Waals surface area contributed by atoms with Gasteiger partial charge >= 0.3 is 0 Å². The van der Waals surface area contributed by atoms with E-state index in [-0.39, 0.29) is 5.91 Å². The van der Waals surface area contributed by atoms with Crippen molar-refractivity contribution >= 4 is 17.2 Å². The Balaban J connectivity index is 1.19. The van der Waals surface area contributed by atoms with Crippen molar-refractivity contribution in [3.63, 3.8) is 0 Å². The molecule has 0 saturated heterocycles. The summed E-state index contributed by atoms with van der Waals surface area (Å²) in [6, 6.07) is 17.9. The van der Waals surface area contributed by atoms with Crippen LogP contribution in [0.3, 0.4) is 0 Å². The molecule has 0 saturated carbocycles. The summed E-state index contributed by atoms with van der Waals surface area (Å²) in [6.45, 7) is 0.693. The lowest BCUT2D eigenvalue weighted by Crippen LogP contribution is -2.28. The number of rotatable bonds is 9. The maximum atomic E-state index is 12.5. The number of carbonyl (C=O) groups is 1. The standard InChI is InChI=1S/C23H24N4O2S/c1-27(23(28)20-16-21(29-26-20)22-12-8-14-30-22)13-7-3-6-11-18-15-19(25-24-18)17-9-4-2-5-10-17/h2,4-5,8-10,12,14-16H,3,6-7,11,13H2,1H3,(H,24,25). The van der Waals surface area contributed by atoms with Gasteiger partial charge in [0.15, 0.2) is 11.5 Å². The molecule has 0 fully saturated rings. The van der Waals surface area contributed by atoms with Crippen molar-refractivity contribution in [3.8, 4) is 21.9 Å². The zero-order valence-corrected chi connectivity index (χ0v) is 17.7. The third-order valence-electron chi connectivity index (χ3n) is 4.98. The molecule has 0 radical (unpaired) electrons. The lowest BCUT2D eigenvalue weighted by molar-refractivity contribution is 0.0782. The summed E-state index contributed by atoms with van der Waals surface area (Å²) in [7, 11) is 1.81. The van der Waals surface area contributed by atoms with E-state index in [2.05, 4.69) is 33.6 Å². The van der Waals surface area contributed by atoms with Crippen molar-refractivity contribution in [2.45, 2.75) is 25.7 Å². The number of amides is 1. The molecule has 4 rings (SSSR count). The predicted molar refractivity (Wildman–Crippen MR) is 118 cm³/mol. The van der Waals surface area contributed by atoms with E-state index in [1.165, 1.54) is 0 Å². The molecule has 6 nitrogen and oxygen atoms in total. The smallest absolute Gasteiger partial charge is 0.275 e. The topological polar surface area (TPSA) is 75.0 Å². The van der Waals surface area contributed by atoms with Crippen LogP contribution < -0.4 is 0 Å². The highest BCUT2D eigenvalue weighted by Gasteiger charge is 2.17. The summed E-state index contributed by atoms with van der Waals surface area (Å²) >= 11 is 1.56. The van der Waals surface area contributed by atoms with Crippen LogP contribution in [0.15, 0.2) is 64.5 Å². The van der Waals surface area contributed by atoms with Crippen LogP contribution in [0.2, 0.25) is 0 Å². The number of aryl methyl sites for hydroxylation is 1. The summed E-state index contributed by atoms with van der Waals surface area (Å²) in [4.78, 5) is 15.2. The molecular weight excluding hydrogens is 396 g/mol. The maximum Gasteiger partial charge on any atom is 0.275 e. The fourth-order valence-corrected chi connectivity index (χ4v) is 3.97. The highest BCUT2D eigenvalue weighted by molar-refractivity contribution is 7.13. The number of benzene rings is 1. The highest BCUT2D eigenvalue weighted by Crippen LogP contribution is 2.25. The number of carbonyl (C=O) groups excluding carboxylic acids is 1. The number of unbranched alkanes of at least 4 members (excludes halogenated alkanes) is 2. The van der Waals surface area contributed by atoms with Crippen LogP contribution in [0.5, 0.6) is 0 Å². The van der Waals surface area contributed by atoms with Gasteiger partial charge in [-0.2, -0.15) is 5.10 Å². The Kier molecular flexibility index (Phi) is 6.39. The number of nitrogens with zero attached hydrogens (tertiary/aromatic N) is 3. The first kappa shape index (κ1) is 20.1. The number of aromatic amines is 1. The molecule has 0 atom stereocenters. The number of thiophene rings is 1. The minimum absolute atomic E-state index is 0.109. The van der Waals surface area contributed by atoms with E-state index in [4.69, 9.17) is 4.52 Å². The zero-order chi connectivity index (χ0) is 20.8. The van der Waals surface area contributed by atoms with E-state index < -0.39 is 0 Å². The Morgan fingerprint density at radius 3 is 2.77 bits per heavy atom. The van der Waals surface area contributed by atoms with E-state index in [1.807, 2.05) is 42.8 Å². The fraction of sp³-hybridized carbons (Fsp3) is 0.261. The molecule has 0 aliphatic heterocycles. The molecule has 0 bridgehead atoms. The molecule has 3 heterocycles. The van der Waals surface area contributed by atoms with Crippen molar-refractivity contribution < 1.29 is 9.32 Å². The molecule has 3 aromatic heterocycles. The molecule has 0 aliphatic rings. The van der Waals surface area contributed by atoms with Crippen LogP contribution >= 0.6 is 11.3 Å². The van der Waals surface area contributed by atoms with E-state index in [9.17, 15) is 4.79 Å². The third-order valence-corrected chi connectivity index (χ3v) is 5.86. The average molecular weight is 421 g/mol. The van der Waals surface area contributed by atoms with Gasteiger partial charge in [-0.3, -0.25) is 9.89 Å². The lowest BCUT2D eigenvalue weighted by atomic mass is 10.1. The number of aromatic nitrogens is 3. The third kappa shape index (κ3) is 4.86. The summed E-state index contributed by atoms with van der Waals surface area (Å²) in [5.74, 6) is 0.527. The first-order valence-electron chi connectivity index (χ1n) is 10.1. The molecule has 1 aromatic carbocycles. The Labute approximate surface area is 179 Å². The monoisotopic (exact) mass is 420 g/mol. The summed E-state index contributed by atoms with van der Waals surface area (Å²) in [5.41, 5.74) is 3.59. The van der Waals surface area contributed by atoms with Crippen molar-refractivity contribution in [1.82, 2.24) is 20.3 Å². The van der Waals surface area contributed by atoms with Crippen LogP contribution in [0.1, 0.15) is 35.4 Å². The number of nitrogens with one attached hydrogen (secondary N) is 1. The Hall–Kier alpha value is -3.19. The molecule has 0 aliphatic carbocycles.